The van der Waals surface area contributed by atoms with Gasteiger partial charge in [0.05, 0.1) is 13.0 Å². The van der Waals surface area contributed by atoms with E-state index in [0.29, 0.717) is 13.1 Å². The number of rotatable bonds is 5. The fourth-order valence-electron chi connectivity index (χ4n) is 2.66. The molecular formula is C16H27IN6O2. The molecule has 0 aromatic carbocycles. The number of guanidine groups is 1. The Labute approximate surface area is 165 Å². The molecule has 0 atom stereocenters. The summed E-state index contributed by atoms with van der Waals surface area (Å²) in [5, 5.41) is 11.5. The molecule has 1 aliphatic rings. The number of aromatic nitrogens is 3. The maximum Gasteiger partial charge on any atom is 0.308 e. The summed E-state index contributed by atoms with van der Waals surface area (Å²) in [7, 11) is 3.37. The fourth-order valence-corrected chi connectivity index (χ4v) is 2.66. The predicted molar refractivity (Wildman–Crippen MR) is 107 cm³/mol. The van der Waals surface area contributed by atoms with Crippen molar-refractivity contribution < 1.29 is 9.53 Å². The average Bonchev–Trinajstić information content (AvgIpc) is 2.93. The molecule has 1 fully saturated rings. The van der Waals surface area contributed by atoms with Crippen molar-refractivity contribution in [2.75, 3.05) is 26.7 Å². The number of aliphatic imine (C=N–C) groups is 1. The highest BCUT2D eigenvalue weighted by atomic mass is 127. The van der Waals surface area contributed by atoms with Gasteiger partial charge in [0, 0.05) is 26.7 Å². The second-order valence-electron chi connectivity index (χ2n) is 5.82. The lowest BCUT2D eigenvalue weighted by Crippen LogP contribution is -2.46. The van der Waals surface area contributed by atoms with Gasteiger partial charge in [0.15, 0.2) is 11.8 Å². The zero-order valence-corrected chi connectivity index (χ0v) is 17.4. The monoisotopic (exact) mass is 462 g/mol. The molecule has 0 amide bonds. The van der Waals surface area contributed by atoms with E-state index >= 15 is 0 Å². The van der Waals surface area contributed by atoms with Crippen LogP contribution in [0.25, 0.3) is 0 Å². The van der Waals surface area contributed by atoms with Crippen LogP contribution in [-0.4, -0.2) is 58.3 Å². The molecule has 0 unspecified atom stereocenters. The first-order valence-electron chi connectivity index (χ1n) is 8.13. The van der Waals surface area contributed by atoms with Gasteiger partial charge < -0.3 is 19.5 Å². The first kappa shape index (κ1) is 21.4. The minimum atomic E-state index is -0.123. The highest BCUT2D eigenvalue weighted by molar-refractivity contribution is 14.0. The smallest absolute Gasteiger partial charge is 0.308 e. The van der Waals surface area contributed by atoms with Crippen LogP contribution in [0, 0.1) is 12.8 Å². The van der Waals surface area contributed by atoms with Crippen molar-refractivity contribution in [3.8, 4) is 0 Å². The molecule has 25 heavy (non-hydrogen) atoms. The molecule has 0 bridgehead atoms. The molecule has 2 rings (SSSR count). The number of nitrogens with one attached hydrogen (secondary N) is 1. The van der Waals surface area contributed by atoms with E-state index in [1.54, 1.807) is 6.08 Å². The Balaban J connectivity index is 0.00000312. The lowest BCUT2D eigenvalue weighted by atomic mass is 9.97. The number of methoxy groups -OCH3 is 1. The topological polar surface area (TPSA) is 84.6 Å². The van der Waals surface area contributed by atoms with Crippen molar-refractivity contribution in [1.82, 2.24) is 25.0 Å². The number of piperidine rings is 1. The zero-order valence-electron chi connectivity index (χ0n) is 15.1. The third kappa shape index (κ3) is 5.68. The number of hydrogen-bond donors (Lipinski definition) is 1. The summed E-state index contributed by atoms with van der Waals surface area (Å²) in [6.07, 6.45) is 3.33. The number of aryl methyl sites for hydroxylation is 1. The molecule has 8 nitrogen and oxygen atoms in total. The van der Waals surface area contributed by atoms with Crippen LogP contribution in [0.15, 0.2) is 17.6 Å². The second-order valence-corrected chi connectivity index (χ2v) is 5.82. The SMILES string of the molecule is C=CCNC(=NCc1nnc(C)n1C)N1CCC(C(=O)OC)CC1.I. The maximum absolute atomic E-state index is 11.6. The molecule has 2 heterocycles. The van der Waals surface area contributed by atoms with Crippen LogP contribution in [0.4, 0.5) is 0 Å². The molecule has 0 spiro atoms. The van der Waals surface area contributed by atoms with Crippen LogP contribution in [-0.2, 0) is 23.1 Å². The molecule has 1 aromatic heterocycles. The maximum atomic E-state index is 11.6. The van der Waals surface area contributed by atoms with Gasteiger partial charge in [-0.3, -0.25) is 4.79 Å². The van der Waals surface area contributed by atoms with E-state index in [9.17, 15) is 4.79 Å². The van der Waals surface area contributed by atoms with Gasteiger partial charge in [-0.15, -0.1) is 40.8 Å². The van der Waals surface area contributed by atoms with Crippen LogP contribution >= 0.6 is 24.0 Å². The molecular weight excluding hydrogens is 435 g/mol. The van der Waals surface area contributed by atoms with Crippen molar-refractivity contribution >= 4 is 35.9 Å². The average molecular weight is 462 g/mol. The third-order valence-corrected chi connectivity index (χ3v) is 4.29. The molecule has 9 heteroatoms. The Morgan fingerprint density at radius 3 is 2.64 bits per heavy atom. The molecule has 1 aliphatic heterocycles. The summed E-state index contributed by atoms with van der Waals surface area (Å²) in [4.78, 5) is 18.5. The normalized spacial score (nSPS) is 15.5. The fraction of sp³-hybridized carbons (Fsp3) is 0.625. The minimum Gasteiger partial charge on any atom is -0.469 e. The van der Waals surface area contributed by atoms with Crippen LogP contribution < -0.4 is 5.32 Å². The Bertz CT molecular complexity index is 608. The first-order valence-corrected chi connectivity index (χ1v) is 8.13. The number of nitrogens with zero attached hydrogens (tertiary/aromatic N) is 5. The highest BCUT2D eigenvalue weighted by Crippen LogP contribution is 2.18. The lowest BCUT2D eigenvalue weighted by Gasteiger charge is -2.33. The number of carbonyl (C=O) groups is 1. The summed E-state index contributed by atoms with van der Waals surface area (Å²) >= 11 is 0. The Morgan fingerprint density at radius 2 is 2.12 bits per heavy atom. The summed E-state index contributed by atoms with van der Waals surface area (Å²) < 4.78 is 6.77. The molecule has 0 aliphatic carbocycles. The molecule has 0 radical (unpaired) electrons. The summed E-state index contributed by atoms with van der Waals surface area (Å²) in [6, 6.07) is 0. The van der Waals surface area contributed by atoms with Crippen LogP contribution in [0.3, 0.4) is 0 Å². The highest BCUT2D eigenvalue weighted by Gasteiger charge is 2.27. The third-order valence-electron chi connectivity index (χ3n) is 4.29. The van der Waals surface area contributed by atoms with E-state index in [4.69, 9.17) is 4.74 Å². The standard InChI is InChI=1S/C16H26N6O2.HI/c1-5-8-17-16(18-11-14-20-19-12(2)21(14)3)22-9-6-13(7-10-22)15(23)24-4;/h5,13H,1,6-11H2,2-4H3,(H,17,18);1H. The van der Waals surface area contributed by atoms with E-state index in [0.717, 1.165) is 43.5 Å². The predicted octanol–water partition coefficient (Wildman–Crippen LogP) is 1.26. The van der Waals surface area contributed by atoms with Gasteiger partial charge in [0.1, 0.15) is 12.4 Å². The van der Waals surface area contributed by atoms with Gasteiger partial charge in [0.2, 0.25) is 0 Å². The van der Waals surface area contributed by atoms with Crippen LogP contribution in [0.1, 0.15) is 24.5 Å². The zero-order chi connectivity index (χ0) is 17.5. The van der Waals surface area contributed by atoms with Crippen molar-refractivity contribution in [2.45, 2.75) is 26.3 Å². The van der Waals surface area contributed by atoms with Crippen molar-refractivity contribution in [2.24, 2.45) is 18.0 Å². The van der Waals surface area contributed by atoms with E-state index in [1.807, 2.05) is 18.5 Å². The Morgan fingerprint density at radius 1 is 1.44 bits per heavy atom. The molecule has 140 valence electrons. The Kier molecular flexibility index (Phi) is 8.87. The van der Waals surface area contributed by atoms with Gasteiger partial charge in [-0.05, 0) is 19.8 Å². The molecule has 0 saturated carbocycles. The second kappa shape index (κ2) is 10.4. The number of carbonyl (C=O) groups excluding carboxylic acids is 1. The molecule has 1 N–H and O–H groups in total. The number of ether oxygens (including phenoxy) is 1. The largest absolute Gasteiger partial charge is 0.469 e. The van der Waals surface area contributed by atoms with Crippen molar-refractivity contribution in [1.29, 1.82) is 0 Å². The van der Waals surface area contributed by atoms with E-state index < -0.39 is 0 Å². The van der Waals surface area contributed by atoms with E-state index in [1.165, 1.54) is 7.11 Å². The summed E-state index contributed by atoms with van der Waals surface area (Å²) in [6.45, 7) is 8.26. The summed E-state index contributed by atoms with van der Waals surface area (Å²) in [5.41, 5.74) is 0. The van der Waals surface area contributed by atoms with E-state index in [-0.39, 0.29) is 35.9 Å². The van der Waals surface area contributed by atoms with Gasteiger partial charge in [-0.25, -0.2) is 4.99 Å². The van der Waals surface area contributed by atoms with Gasteiger partial charge in [0.25, 0.3) is 0 Å². The number of hydrogen-bond acceptors (Lipinski definition) is 5. The van der Waals surface area contributed by atoms with Gasteiger partial charge in [-0.2, -0.15) is 0 Å². The summed E-state index contributed by atoms with van der Waals surface area (Å²) in [5.74, 6) is 2.34. The molecule has 1 saturated heterocycles. The number of likely N-dealkylation sites (tertiary alicyclic amines) is 1. The van der Waals surface area contributed by atoms with Gasteiger partial charge in [-0.1, -0.05) is 6.08 Å². The first-order chi connectivity index (χ1) is 11.6. The van der Waals surface area contributed by atoms with Gasteiger partial charge >= 0.3 is 5.97 Å². The quantitative estimate of drug-likeness (QED) is 0.233. The Hall–Kier alpha value is -1.65. The van der Waals surface area contributed by atoms with Crippen molar-refractivity contribution in [3.05, 3.63) is 24.3 Å². The van der Waals surface area contributed by atoms with Crippen LogP contribution in [0.5, 0.6) is 0 Å². The lowest BCUT2D eigenvalue weighted by molar-refractivity contribution is -0.146. The van der Waals surface area contributed by atoms with E-state index in [2.05, 4.69) is 32.0 Å². The number of halogens is 1. The molecule has 1 aromatic rings. The van der Waals surface area contributed by atoms with Crippen LogP contribution in [0.2, 0.25) is 0 Å². The van der Waals surface area contributed by atoms with Crippen molar-refractivity contribution in [3.63, 3.8) is 0 Å². The number of esters is 1. The minimum absolute atomic E-state index is 0.